The summed E-state index contributed by atoms with van der Waals surface area (Å²) < 4.78 is 6.66. The smallest absolute Gasteiger partial charge is 0.276 e. The molecule has 0 radical (unpaired) electrons. The first-order valence-electron chi connectivity index (χ1n) is 19.2. The van der Waals surface area contributed by atoms with E-state index in [0.717, 1.165) is 45.8 Å². The maximum absolute atomic E-state index is 14.2. The molecule has 2 aliphatic rings. The molecular formula is C48H37N5O6S2. The summed E-state index contributed by atoms with van der Waals surface area (Å²) in [6.07, 6.45) is 0.803. The van der Waals surface area contributed by atoms with Crippen molar-refractivity contribution in [2.45, 2.75) is 29.5 Å². The van der Waals surface area contributed by atoms with Crippen molar-refractivity contribution >= 4 is 58.0 Å². The molecule has 302 valence electrons. The van der Waals surface area contributed by atoms with Crippen molar-refractivity contribution in [1.82, 2.24) is 15.2 Å². The van der Waals surface area contributed by atoms with Gasteiger partial charge in [0.1, 0.15) is 46.0 Å². The topological polar surface area (TPSA) is 139 Å². The van der Waals surface area contributed by atoms with Crippen LogP contribution in [0.5, 0.6) is 0 Å². The van der Waals surface area contributed by atoms with Crippen LogP contribution >= 0.6 is 23.1 Å². The van der Waals surface area contributed by atoms with E-state index in [1.165, 1.54) is 16.2 Å². The summed E-state index contributed by atoms with van der Waals surface area (Å²) in [7, 11) is 0. The second kappa shape index (κ2) is 18.3. The van der Waals surface area contributed by atoms with E-state index in [0.29, 0.717) is 11.4 Å². The number of thioether (sulfide) groups is 1. The standard InChI is InChI=1S/C48H37N5O6S2/c1-2-58-52-40(38-31-60-47(49-38)51-48(34-22-12-5-13-23-34,35-24-14-6-15-25-35)36-26-16-7-17-27-36)43(56)50-41-44(57)53-45(37(28-29-54)39(30-55)61-46(41)53)59-42(32-18-8-3-9-19-32)33-20-10-4-11-21-33/h2-27,29,31,41-42,46H,1,28H2,(H,49,51)(H,50,56). The van der Waals surface area contributed by atoms with E-state index in [1.54, 1.807) is 5.38 Å². The van der Waals surface area contributed by atoms with Gasteiger partial charge in [0.15, 0.2) is 16.9 Å². The number of benzene rings is 5. The molecule has 1 aromatic heterocycles. The first kappa shape index (κ1) is 40.5. The fraction of sp³-hybridized carbons (Fsp3) is 0.104. The Hall–Kier alpha value is -7.31. The Morgan fingerprint density at radius 1 is 0.852 bits per heavy atom. The highest BCUT2D eigenvalue weighted by atomic mass is 32.2. The molecule has 1 saturated heterocycles. The number of amides is 2. The number of anilines is 1. The third kappa shape index (κ3) is 8.05. The molecule has 0 bridgehead atoms. The van der Waals surface area contributed by atoms with Crippen LogP contribution in [0.25, 0.3) is 0 Å². The van der Waals surface area contributed by atoms with Crippen molar-refractivity contribution in [2.75, 3.05) is 5.32 Å². The third-order valence-electron chi connectivity index (χ3n) is 10.2. The lowest BCUT2D eigenvalue weighted by Crippen LogP contribution is -2.70. The lowest BCUT2D eigenvalue weighted by Gasteiger charge is -2.50. The van der Waals surface area contributed by atoms with E-state index >= 15 is 0 Å². The molecule has 0 spiro atoms. The second-order valence-corrected chi connectivity index (χ2v) is 15.8. The lowest BCUT2D eigenvalue weighted by atomic mass is 9.77. The van der Waals surface area contributed by atoms with Crippen LogP contribution in [0.3, 0.4) is 0 Å². The molecular weight excluding hydrogens is 807 g/mol. The summed E-state index contributed by atoms with van der Waals surface area (Å²) in [6, 6.07) is 47.7. The number of thiazole rings is 1. The minimum atomic E-state index is -1.13. The number of rotatable bonds is 16. The quantitative estimate of drug-likeness (QED) is 0.0188. The van der Waals surface area contributed by atoms with Gasteiger partial charge in [0.2, 0.25) is 5.88 Å². The van der Waals surface area contributed by atoms with Crippen LogP contribution in [-0.4, -0.2) is 51.1 Å². The van der Waals surface area contributed by atoms with Gasteiger partial charge in [0.05, 0.1) is 0 Å². The predicted octanol–water partition coefficient (Wildman–Crippen LogP) is 8.13. The Labute approximate surface area is 360 Å². The van der Waals surface area contributed by atoms with E-state index in [1.807, 2.05) is 158 Å². The Morgan fingerprint density at radius 2 is 1.38 bits per heavy atom. The van der Waals surface area contributed by atoms with E-state index < -0.39 is 34.9 Å². The number of hydrogen-bond donors (Lipinski definition) is 2. The number of carbonyl (C=O) groups is 3. The maximum atomic E-state index is 14.2. The summed E-state index contributed by atoms with van der Waals surface area (Å²) in [5, 5.41) is 11.9. The number of oxime groups is 1. The molecule has 2 aliphatic heterocycles. The van der Waals surface area contributed by atoms with Gasteiger partial charge in [0, 0.05) is 17.4 Å². The van der Waals surface area contributed by atoms with Gasteiger partial charge in [-0.25, -0.2) is 9.78 Å². The number of ether oxygens (including phenoxy) is 1. The van der Waals surface area contributed by atoms with Gasteiger partial charge in [-0.2, -0.15) is 0 Å². The van der Waals surface area contributed by atoms with E-state index in [2.05, 4.69) is 22.4 Å². The number of aromatic nitrogens is 1. The first-order valence-corrected chi connectivity index (χ1v) is 21.0. The van der Waals surface area contributed by atoms with Gasteiger partial charge < -0.3 is 25.0 Å². The molecule has 2 atom stereocenters. The van der Waals surface area contributed by atoms with Crippen molar-refractivity contribution in [3.63, 3.8) is 0 Å². The Kier molecular flexibility index (Phi) is 12.1. The van der Waals surface area contributed by atoms with Gasteiger partial charge in [-0.05, 0) is 27.8 Å². The van der Waals surface area contributed by atoms with E-state index in [9.17, 15) is 19.2 Å². The average Bonchev–Trinajstić information content (AvgIpc) is 3.78. The van der Waals surface area contributed by atoms with Gasteiger partial charge >= 0.3 is 0 Å². The number of β-lactam (4-membered cyclic amide) rings is 1. The zero-order chi connectivity index (χ0) is 42.2. The highest BCUT2D eigenvalue weighted by Crippen LogP contribution is 2.48. The second-order valence-electron chi connectivity index (χ2n) is 13.8. The SMILES string of the molecule is C=CON=C(C(=O)NC1C(=O)N2C(OC(c3ccccc3)c3ccccc3)=C(CC=O)C(=C=O)SC12)c1csc(NC(c2ccccc2)(c2ccccc2)c2ccccc2)n1. The van der Waals surface area contributed by atoms with Crippen LogP contribution in [-0.2, 0) is 34.3 Å². The van der Waals surface area contributed by atoms with Crippen molar-refractivity contribution in [3.8, 4) is 0 Å². The zero-order valence-corrected chi connectivity index (χ0v) is 34.1. The Bertz CT molecular complexity index is 2520. The molecule has 0 aliphatic carbocycles. The largest absolute Gasteiger partial charge is 0.465 e. The molecule has 13 heteroatoms. The summed E-state index contributed by atoms with van der Waals surface area (Å²) in [5.41, 5.74) is 3.73. The highest BCUT2D eigenvalue weighted by Gasteiger charge is 2.56. The summed E-state index contributed by atoms with van der Waals surface area (Å²) in [5.74, 6) is 0.707. The van der Waals surface area contributed by atoms with Gasteiger partial charge in [-0.3, -0.25) is 14.5 Å². The highest BCUT2D eigenvalue weighted by molar-refractivity contribution is 8.04. The van der Waals surface area contributed by atoms with Crippen molar-refractivity contribution in [3.05, 3.63) is 220 Å². The normalized spacial score (nSPS) is 16.2. The van der Waals surface area contributed by atoms with Crippen LogP contribution in [0.4, 0.5) is 5.13 Å². The molecule has 8 rings (SSSR count). The lowest BCUT2D eigenvalue weighted by molar-refractivity contribution is -0.150. The first-order chi connectivity index (χ1) is 30.0. The molecule has 1 fully saturated rings. The fourth-order valence-electron chi connectivity index (χ4n) is 7.43. The van der Waals surface area contributed by atoms with Crippen LogP contribution in [0.2, 0.25) is 0 Å². The number of aldehydes is 1. The number of fused-ring (bicyclic) bond motifs is 1. The molecule has 0 saturated carbocycles. The third-order valence-corrected chi connectivity index (χ3v) is 12.3. The van der Waals surface area contributed by atoms with Crippen LogP contribution in [0.1, 0.15) is 46.0 Å². The summed E-state index contributed by atoms with van der Waals surface area (Å²) >= 11 is 2.28. The van der Waals surface area contributed by atoms with Gasteiger partial charge in [-0.1, -0.05) is 175 Å². The van der Waals surface area contributed by atoms with Gasteiger partial charge in [0.25, 0.3) is 11.8 Å². The number of allylic oxidation sites excluding steroid dienone is 1. The Morgan fingerprint density at radius 3 is 1.87 bits per heavy atom. The molecule has 6 aromatic rings. The molecule has 11 nitrogen and oxygen atoms in total. The number of hydrogen-bond acceptors (Lipinski definition) is 11. The van der Waals surface area contributed by atoms with Crippen LogP contribution in [0.15, 0.2) is 191 Å². The monoisotopic (exact) mass is 843 g/mol. The minimum Gasteiger partial charge on any atom is -0.465 e. The summed E-state index contributed by atoms with van der Waals surface area (Å²) in [6.45, 7) is 3.57. The molecule has 2 N–H and O–H groups in total. The number of nitrogens with zero attached hydrogens (tertiary/aromatic N) is 3. The zero-order valence-electron chi connectivity index (χ0n) is 32.4. The molecule has 5 aromatic carbocycles. The van der Waals surface area contributed by atoms with Gasteiger partial charge in [-0.15, -0.1) is 11.3 Å². The minimum absolute atomic E-state index is 0.0419. The maximum Gasteiger partial charge on any atom is 0.276 e. The Balaban J connectivity index is 1.10. The predicted molar refractivity (Wildman–Crippen MR) is 236 cm³/mol. The van der Waals surface area contributed by atoms with E-state index in [-0.39, 0.29) is 34.2 Å². The van der Waals surface area contributed by atoms with Crippen LogP contribution in [0, 0.1) is 0 Å². The van der Waals surface area contributed by atoms with Crippen molar-refractivity contribution < 1.29 is 28.8 Å². The molecule has 61 heavy (non-hydrogen) atoms. The molecule has 2 amide bonds. The van der Waals surface area contributed by atoms with Crippen LogP contribution < -0.4 is 10.6 Å². The molecule has 2 unspecified atom stereocenters. The fourth-order valence-corrected chi connectivity index (χ4v) is 9.40. The van der Waals surface area contributed by atoms with E-state index in [4.69, 9.17) is 14.6 Å². The summed E-state index contributed by atoms with van der Waals surface area (Å²) in [4.78, 5) is 64.3. The average molecular weight is 844 g/mol. The molecule has 3 heterocycles. The number of nitrogens with one attached hydrogen (secondary N) is 2. The van der Waals surface area contributed by atoms with Crippen molar-refractivity contribution in [2.24, 2.45) is 5.16 Å². The number of carbonyl (C=O) groups excluding carboxylic acids is 4. The van der Waals surface area contributed by atoms with Crippen molar-refractivity contribution in [1.29, 1.82) is 0 Å².